The maximum Gasteiger partial charge on any atom is 0.178 e. The summed E-state index contributed by atoms with van der Waals surface area (Å²) in [6, 6.07) is 0. The van der Waals surface area contributed by atoms with Gasteiger partial charge in [-0.1, -0.05) is 26.3 Å². The SMILES string of the molecule is CCCC1OC2CC3C4C[C@H](F)C5=CC(=O)C=CC5(C)[C@@]4(F)C(O)CC3(C)C2(C)O1. The Kier molecular flexibility index (Phi) is 4.31. The van der Waals surface area contributed by atoms with Gasteiger partial charge in [0.2, 0.25) is 0 Å². The van der Waals surface area contributed by atoms with Gasteiger partial charge in [0.15, 0.2) is 17.7 Å². The highest BCUT2D eigenvalue weighted by Gasteiger charge is 2.77. The van der Waals surface area contributed by atoms with E-state index in [-0.39, 0.29) is 42.5 Å². The molecule has 0 aromatic rings. The number of fused-ring (bicyclic) bond motifs is 7. The zero-order valence-corrected chi connectivity index (χ0v) is 18.2. The van der Waals surface area contributed by atoms with Crippen LogP contribution in [0.3, 0.4) is 0 Å². The molecule has 0 radical (unpaired) electrons. The molecule has 5 aliphatic rings. The van der Waals surface area contributed by atoms with Crippen LogP contribution in [0, 0.1) is 22.7 Å². The second-order valence-electron chi connectivity index (χ2n) is 10.7. The van der Waals surface area contributed by atoms with E-state index in [9.17, 15) is 9.90 Å². The number of halogens is 2. The molecule has 4 nitrogen and oxygen atoms in total. The number of carbonyl (C=O) groups excluding carboxylic acids is 1. The van der Waals surface area contributed by atoms with Crippen LogP contribution in [0.5, 0.6) is 0 Å². The number of ether oxygens (including phenoxy) is 2. The van der Waals surface area contributed by atoms with Crippen LogP contribution >= 0.6 is 0 Å². The van der Waals surface area contributed by atoms with Gasteiger partial charge in [0, 0.05) is 16.7 Å². The zero-order chi connectivity index (χ0) is 21.7. The molecule has 30 heavy (non-hydrogen) atoms. The minimum Gasteiger partial charge on any atom is -0.390 e. The monoisotopic (exact) mass is 422 g/mol. The third-order valence-corrected chi connectivity index (χ3v) is 9.45. The highest BCUT2D eigenvalue weighted by molar-refractivity contribution is 6.01. The number of hydrogen-bond donors (Lipinski definition) is 1. The van der Waals surface area contributed by atoms with Crippen molar-refractivity contribution in [3.8, 4) is 0 Å². The molecule has 0 bridgehead atoms. The summed E-state index contributed by atoms with van der Waals surface area (Å²) >= 11 is 0. The first-order valence-electron chi connectivity index (χ1n) is 11.3. The van der Waals surface area contributed by atoms with E-state index in [0.29, 0.717) is 6.42 Å². The summed E-state index contributed by atoms with van der Waals surface area (Å²) < 4.78 is 45.0. The fraction of sp³-hybridized carbons (Fsp3) is 0.792. The molecule has 0 aromatic carbocycles. The van der Waals surface area contributed by atoms with Gasteiger partial charge in [-0.3, -0.25) is 4.79 Å². The lowest BCUT2D eigenvalue weighted by atomic mass is 9.44. The van der Waals surface area contributed by atoms with Crippen molar-refractivity contribution in [2.75, 3.05) is 0 Å². The molecule has 166 valence electrons. The lowest BCUT2D eigenvalue weighted by molar-refractivity contribution is -0.233. The van der Waals surface area contributed by atoms with Gasteiger partial charge in [0.25, 0.3) is 0 Å². The van der Waals surface area contributed by atoms with Crippen molar-refractivity contribution in [3.05, 3.63) is 23.8 Å². The number of rotatable bonds is 2. The molecule has 4 fully saturated rings. The van der Waals surface area contributed by atoms with Crippen LogP contribution in [-0.2, 0) is 14.3 Å². The van der Waals surface area contributed by atoms with Crippen LogP contribution in [-0.4, -0.2) is 46.8 Å². The number of aliphatic hydroxyl groups excluding tert-OH is 1. The smallest absolute Gasteiger partial charge is 0.178 e. The van der Waals surface area contributed by atoms with E-state index >= 15 is 8.78 Å². The zero-order valence-electron chi connectivity index (χ0n) is 18.2. The summed E-state index contributed by atoms with van der Waals surface area (Å²) in [7, 11) is 0. The summed E-state index contributed by atoms with van der Waals surface area (Å²) in [6.07, 6.45) is 3.39. The molecule has 0 aromatic heterocycles. The third kappa shape index (κ3) is 2.23. The quantitative estimate of drug-likeness (QED) is 0.724. The van der Waals surface area contributed by atoms with Crippen LogP contribution in [0.1, 0.15) is 59.8 Å². The molecule has 10 atom stereocenters. The molecule has 4 aliphatic carbocycles. The van der Waals surface area contributed by atoms with Gasteiger partial charge in [0.1, 0.15) is 11.8 Å². The van der Waals surface area contributed by atoms with Crippen molar-refractivity contribution in [1.29, 1.82) is 0 Å². The number of hydrogen-bond acceptors (Lipinski definition) is 4. The Morgan fingerprint density at radius 2 is 1.97 bits per heavy atom. The molecule has 5 rings (SSSR count). The summed E-state index contributed by atoms with van der Waals surface area (Å²) in [5, 5.41) is 11.3. The average Bonchev–Trinajstić information content (AvgIpc) is 3.09. The minimum absolute atomic E-state index is 0.0302. The third-order valence-electron chi connectivity index (χ3n) is 9.45. The summed E-state index contributed by atoms with van der Waals surface area (Å²) in [6.45, 7) is 7.79. The topological polar surface area (TPSA) is 55.8 Å². The molecule has 1 saturated heterocycles. The van der Waals surface area contributed by atoms with Crippen LogP contribution in [0.4, 0.5) is 8.78 Å². The second kappa shape index (κ2) is 6.23. The Balaban J connectivity index is 1.57. The molecule has 1 N–H and O–H groups in total. The molecule has 1 heterocycles. The van der Waals surface area contributed by atoms with Crippen molar-refractivity contribution in [1.82, 2.24) is 0 Å². The fourth-order valence-corrected chi connectivity index (χ4v) is 7.62. The van der Waals surface area contributed by atoms with Gasteiger partial charge in [-0.15, -0.1) is 0 Å². The molecule has 6 heteroatoms. The lowest BCUT2D eigenvalue weighted by Gasteiger charge is -2.63. The first-order chi connectivity index (χ1) is 14.0. The first kappa shape index (κ1) is 20.8. The average molecular weight is 423 g/mol. The molecule has 3 saturated carbocycles. The van der Waals surface area contributed by atoms with Gasteiger partial charge in [-0.05, 0) is 63.2 Å². The Morgan fingerprint density at radius 3 is 2.67 bits per heavy atom. The van der Waals surface area contributed by atoms with Gasteiger partial charge in [-0.2, -0.15) is 0 Å². The van der Waals surface area contributed by atoms with E-state index in [1.54, 1.807) is 6.92 Å². The predicted molar refractivity (Wildman–Crippen MR) is 107 cm³/mol. The molecule has 0 amide bonds. The predicted octanol–water partition coefficient (Wildman–Crippen LogP) is 4.22. The normalized spacial score (nSPS) is 56.8. The standard InChI is InChI=1S/C24H32F2O4/c1-5-6-20-29-19-11-14-15-10-17(25)16-9-13(27)7-8-21(16,2)24(15,26)18(28)12-22(14,3)23(19,4)30-20/h7-9,14-15,17-20,28H,5-6,10-12H2,1-4H3/t14?,15?,17-,18?,19?,20?,21?,22?,23?,24-/m0/s1. The van der Waals surface area contributed by atoms with Gasteiger partial charge in [-0.25, -0.2) is 8.78 Å². The highest BCUT2D eigenvalue weighted by atomic mass is 19.1. The number of aliphatic hydroxyl groups is 1. The fourth-order valence-electron chi connectivity index (χ4n) is 7.62. The van der Waals surface area contributed by atoms with Crippen molar-refractivity contribution < 1.29 is 28.2 Å². The minimum atomic E-state index is -2.04. The van der Waals surface area contributed by atoms with Gasteiger partial charge >= 0.3 is 0 Å². The Morgan fingerprint density at radius 1 is 1.23 bits per heavy atom. The number of ketones is 1. The summed E-state index contributed by atoms with van der Waals surface area (Å²) in [5.74, 6) is -1.18. The van der Waals surface area contributed by atoms with Crippen molar-refractivity contribution in [3.63, 3.8) is 0 Å². The number of carbonyl (C=O) groups is 1. The number of alkyl halides is 2. The van der Waals surface area contributed by atoms with E-state index in [2.05, 4.69) is 13.8 Å². The van der Waals surface area contributed by atoms with Gasteiger partial charge in [0.05, 0.1) is 12.2 Å². The molecule has 1 aliphatic heterocycles. The molecule has 8 unspecified atom stereocenters. The van der Waals surface area contributed by atoms with Crippen molar-refractivity contribution in [2.24, 2.45) is 22.7 Å². The van der Waals surface area contributed by atoms with E-state index in [1.807, 2.05) is 6.92 Å². The summed E-state index contributed by atoms with van der Waals surface area (Å²) in [4.78, 5) is 11.9. The second-order valence-corrected chi connectivity index (χ2v) is 10.7. The largest absolute Gasteiger partial charge is 0.390 e. The highest BCUT2D eigenvalue weighted by Crippen LogP contribution is 2.71. The molecular formula is C24H32F2O4. The Labute approximate surface area is 176 Å². The van der Waals surface area contributed by atoms with Crippen LogP contribution in [0.2, 0.25) is 0 Å². The maximum atomic E-state index is 17.0. The summed E-state index contributed by atoms with van der Waals surface area (Å²) in [5.41, 5.74) is -4.38. The Bertz CT molecular complexity index is 841. The number of allylic oxidation sites excluding steroid dienone is 4. The van der Waals surface area contributed by atoms with Crippen LogP contribution in [0.25, 0.3) is 0 Å². The lowest BCUT2D eigenvalue weighted by Crippen LogP contribution is -2.69. The Hall–Kier alpha value is -1.11. The van der Waals surface area contributed by atoms with Gasteiger partial charge < -0.3 is 14.6 Å². The van der Waals surface area contributed by atoms with Crippen molar-refractivity contribution in [2.45, 2.75) is 95.7 Å². The van der Waals surface area contributed by atoms with E-state index in [0.717, 1.165) is 12.8 Å². The molecular weight excluding hydrogens is 390 g/mol. The van der Waals surface area contributed by atoms with Crippen LogP contribution < -0.4 is 0 Å². The van der Waals surface area contributed by atoms with Crippen LogP contribution in [0.15, 0.2) is 23.8 Å². The van der Waals surface area contributed by atoms with E-state index < -0.39 is 40.3 Å². The van der Waals surface area contributed by atoms with E-state index in [4.69, 9.17) is 9.47 Å². The van der Waals surface area contributed by atoms with E-state index in [1.165, 1.54) is 18.2 Å². The first-order valence-corrected chi connectivity index (χ1v) is 11.3. The van der Waals surface area contributed by atoms with Crippen molar-refractivity contribution >= 4 is 5.78 Å². The molecule has 0 spiro atoms. The maximum absolute atomic E-state index is 17.0.